The van der Waals surface area contributed by atoms with Crippen LogP contribution in [-0.4, -0.2) is 39.3 Å². The van der Waals surface area contributed by atoms with Crippen LogP contribution in [0.25, 0.3) is 0 Å². The maximum Gasteiger partial charge on any atom is 0.387 e. The summed E-state index contributed by atoms with van der Waals surface area (Å²) in [7, 11) is 1.17. The molecule has 12 heteroatoms. The minimum Gasteiger partial charge on any atom is -0.493 e. The van der Waals surface area contributed by atoms with Crippen LogP contribution in [0.3, 0.4) is 0 Å². The topological polar surface area (TPSA) is 121 Å². The zero-order chi connectivity index (χ0) is 19.6. The Balaban J connectivity index is 1.84. The highest BCUT2D eigenvalue weighted by molar-refractivity contribution is 5.99. The van der Waals surface area contributed by atoms with E-state index in [1.165, 1.54) is 7.11 Å². The number of benzene rings is 1. The van der Waals surface area contributed by atoms with Crippen molar-refractivity contribution in [2.45, 2.75) is 32.5 Å². The predicted octanol–water partition coefficient (Wildman–Crippen LogP) is 1.67. The first-order chi connectivity index (χ1) is 12.9. The summed E-state index contributed by atoms with van der Waals surface area (Å²) in [4.78, 5) is 22.9. The van der Waals surface area contributed by atoms with Gasteiger partial charge in [-0.1, -0.05) is 0 Å². The van der Waals surface area contributed by atoms with Gasteiger partial charge in [0, 0.05) is 19.0 Å². The van der Waals surface area contributed by atoms with Crippen molar-refractivity contribution >= 4 is 11.6 Å². The van der Waals surface area contributed by atoms with E-state index in [4.69, 9.17) is 4.74 Å². The van der Waals surface area contributed by atoms with Crippen LogP contribution in [0.1, 0.15) is 28.4 Å². The fraction of sp³-hybridized carbons (Fsp3) is 0.400. The Morgan fingerprint density at radius 2 is 2.19 bits per heavy atom. The number of nitrogens with zero attached hydrogens (tertiary/aromatic N) is 4. The molecule has 0 atom stereocenters. The molecule has 144 valence electrons. The molecule has 0 spiro atoms. The largest absolute Gasteiger partial charge is 0.493 e. The van der Waals surface area contributed by atoms with Crippen molar-refractivity contribution in [2.75, 3.05) is 7.11 Å². The average molecular weight is 383 g/mol. The summed E-state index contributed by atoms with van der Waals surface area (Å²) < 4.78 is 35.9. The second kappa shape index (κ2) is 7.51. The number of fused-ring (bicyclic) bond motifs is 1. The van der Waals surface area contributed by atoms with E-state index in [1.807, 2.05) is 4.57 Å². The van der Waals surface area contributed by atoms with E-state index in [-0.39, 0.29) is 17.9 Å². The van der Waals surface area contributed by atoms with E-state index in [0.717, 1.165) is 37.3 Å². The Bertz CT molecular complexity index is 886. The van der Waals surface area contributed by atoms with Crippen molar-refractivity contribution in [3.8, 4) is 11.5 Å². The number of nitrogens with one attached hydrogen (secondary N) is 1. The minimum atomic E-state index is -3.20. The van der Waals surface area contributed by atoms with E-state index in [9.17, 15) is 23.7 Å². The highest BCUT2D eigenvalue weighted by atomic mass is 19.3. The molecule has 0 saturated carbocycles. The maximum absolute atomic E-state index is 12.5. The van der Waals surface area contributed by atoms with Crippen LogP contribution in [0.4, 0.5) is 14.5 Å². The second-order valence-corrected chi connectivity index (χ2v) is 5.63. The van der Waals surface area contributed by atoms with Crippen LogP contribution >= 0.6 is 0 Å². The first-order valence-corrected chi connectivity index (χ1v) is 7.91. The molecule has 0 bridgehead atoms. The van der Waals surface area contributed by atoms with E-state index in [0.29, 0.717) is 5.82 Å². The molecule has 1 amide bonds. The lowest BCUT2D eigenvalue weighted by Crippen LogP contribution is -2.25. The highest BCUT2D eigenvalue weighted by Gasteiger charge is 2.26. The smallest absolute Gasteiger partial charge is 0.387 e. The molecule has 1 aromatic carbocycles. The fourth-order valence-electron chi connectivity index (χ4n) is 2.83. The van der Waals surface area contributed by atoms with Gasteiger partial charge < -0.3 is 19.4 Å². The van der Waals surface area contributed by atoms with Crippen molar-refractivity contribution in [2.24, 2.45) is 0 Å². The van der Waals surface area contributed by atoms with E-state index in [2.05, 4.69) is 20.3 Å². The normalized spacial score (nSPS) is 12.7. The Hall–Kier alpha value is -3.31. The number of aryl methyl sites for hydroxylation is 1. The molecule has 1 aliphatic heterocycles. The zero-order valence-electron chi connectivity index (χ0n) is 14.1. The summed E-state index contributed by atoms with van der Waals surface area (Å²) in [5.74, 6) is -0.192. The number of halogens is 2. The van der Waals surface area contributed by atoms with Crippen LogP contribution in [0.5, 0.6) is 11.5 Å². The molecule has 27 heavy (non-hydrogen) atoms. The van der Waals surface area contributed by atoms with Crippen LogP contribution < -0.4 is 14.8 Å². The molecule has 2 aromatic rings. The van der Waals surface area contributed by atoms with Gasteiger partial charge in [-0.3, -0.25) is 14.9 Å². The summed E-state index contributed by atoms with van der Waals surface area (Å²) >= 11 is 0. The fourth-order valence-corrected chi connectivity index (χ4v) is 2.83. The Kier molecular flexibility index (Phi) is 5.14. The molecule has 0 fully saturated rings. The van der Waals surface area contributed by atoms with Crippen molar-refractivity contribution in [1.82, 2.24) is 20.1 Å². The number of carbonyl (C=O) groups excluding carboxylic acids is 1. The highest BCUT2D eigenvalue weighted by Crippen LogP contribution is 2.35. The summed E-state index contributed by atoms with van der Waals surface area (Å²) in [6.07, 6.45) is 1.73. The molecule has 3 rings (SSSR count). The first-order valence-electron chi connectivity index (χ1n) is 7.91. The zero-order valence-corrected chi connectivity index (χ0v) is 14.1. The van der Waals surface area contributed by atoms with Crippen molar-refractivity contribution in [3.63, 3.8) is 0 Å². The molecule has 0 saturated heterocycles. The molecule has 10 nitrogen and oxygen atoms in total. The molecule has 0 radical (unpaired) electrons. The van der Waals surface area contributed by atoms with Gasteiger partial charge in [0.05, 0.1) is 24.6 Å². The lowest BCUT2D eigenvalue weighted by Gasteiger charge is -2.12. The standard InChI is InChI=1S/C15H15F2N5O5/c1-26-10-5-8(9(22(24)25)6-11(10)27-15(16)17)14(23)18-7-13-20-19-12-3-2-4-21(12)13/h5-6,15H,2-4,7H2,1H3,(H,18,23). The lowest BCUT2D eigenvalue weighted by molar-refractivity contribution is -0.385. The van der Waals surface area contributed by atoms with Crippen LogP contribution in [0.15, 0.2) is 12.1 Å². The molecule has 1 aromatic heterocycles. The van der Waals surface area contributed by atoms with Crippen molar-refractivity contribution < 1.29 is 28.0 Å². The quantitative estimate of drug-likeness (QED) is 0.570. The number of aromatic nitrogens is 3. The Labute approximate surface area is 151 Å². The molecule has 0 aliphatic carbocycles. The number of rotatable bonds is 7. The molecule has 1 N–H and O–H groups in total. The van der Waals surface area contributed by atoms with Gasteiger partial charge in [0.15, 0.2) is 17.3 Å². The van der Waals surface area contributed by atoms with Crippen LogP contribution in [0.2, 0.25) is 0 Å². The van der Waals surface area contributed by atoms with Crippen molar-refractivity contribution in [1.29, 1.82) is 0 Å². The Morgan fingerprint density at radius 1 is 1.41 bits per heavy atom. The third kappa shape index (κ3) is 3.78. The van der Waals surface area contributed by atoms with E-state index < -0.39 is 28.9 Å². The van der Waals surface area contributed by atoms with Crippen LogP contribution in [0, 0.1) is 10.1 Å². The average Bonchev–Trinajstić information content (AvgIpc) is 3.22. The minimum absolute atomic E-state index is 0.0145. The van der Waals surface area contributed by atoms with Gasteiger partial charge >= 0.3 is 6.61 Å². The number of amides is 1. The van der Waals surface area contributed by atoms with Gasteiger partial charge in [-0.2, -0.15) is 8.78 Å². The number of methoxy groups -OCH3 is 1. The molecular formula is C15H15F2N5O5. The number of hydrogen-bond acceptors (Lipinski definition) is 7. The summed E-state index contributed by atoms with van der Waals surface area (Å²) in [6, 6.07) is 1.72. The molecular weight excluding hydrogens is 368 g/mol. The lowest BCUT2D eigenvalue weighted by atomic mass is 10.1. The number of hydrogen-bond donors (Lipinski definition) is 1. The van der Waals surface area contributed by atoms with Gasteiger partial charge in [-0.05, 0) is 6.42 Å². The number of nitro benzene ring substituents is 1. The number of nitro groups is 1. The van der Waals surface area contributed by atoms with Gasteiger partial charge in [0.1, 0.15) is 11.4 Å². The Morgan fingerprint density at radius 3 is 2.85 bits per heavy atom. The third-order valence-corrected chi connectivity index (χ3v) is 4.03. The maximum atomic E-state index is 12.5. The predicted molar refractivity (Wildman–Crippen MR) is 85.8 cm³/mol. The van der Waals surface area contributed by atoms with Gasteiger partial charge in [0.2, 0.25) is 0 Å². The van der Waals surface area contributed by atoms with E-state index >= 15 is 0 Å². The number of carbonyl (C=O) groups is 1. The van der Waals surface area contributed by atoms with E-state index in [1.54, 1.807) is 0 Å². The summed E-state index contributed by atoms with van der Waals surface area (Å²) in [6.45, 7) is -2.45. The van der Waals surface area contributed by atoms with Gasteiger partial charge in [0.25, 0.3) is 11.6 Å². The number of alkyl halides is 2. The van der Waals surface area contributed by atoms with Gasteiger partial charge in [-0.15, -0.1) is 10.2 Å². The van der Waals surface area contributed by atoms with Crippen molar-refractivity contribution in [3.05, 3.63) is 39.5 Å². The SMILES string of the molecule is COc1cc(C(=O)NCc2nnc3n2CCC3)c([N+](=O)[O-])cc1OC(F)F. The van der Waals surface area contributed by atoms with Crippen LogP contribution in [-0.2, 0) is 19.5 Å². The van der Waals surface area contributed by atoms with Gasteiger partial charge in [-0.25, -0.2) is 0 Å². The molecule has 1 aliphatic rings. The second-order valence-electron chi connectivity index (χ2n) is 5.63. The summed E-state index contributed by atoms with van der Waals surface area (Å²) in [5, 5.41) is 21.8. The summed E-state index contributed by atoms with van der Waals surface area (Å²) in [5.41, 5.74) is -1.03. The third-order valence-electron chi connectivity index (χ3n) is 4.03. The monoisotopic (exact) mass is 383 g/mol. The molecule has 0 unspecified atom stereocenters. The number of ether oxygens (including phenoxy) is 2. The first kappa shape index (κ1) is 18.5. The molecule has 2 heterocycles.